The molecule has 0 aliphatic rings. The minimum Gasteiger partial charge on any atom is -0.350 e. The molecule has 0 saturated carbocycles. The number of nitrogens with one attached hydrogen (secondary N) is 2. The van der Waals surface area contributed by atoms with Crippen molar-refractivity contribution in [2.75, 3.05) is 0 Å². The minimum atomic E-state index is -0.687. The number of halogens is 2. The summed E-state index contributed by atoms with van der Waals surface area (Å²) >= 11 is 11.5. The highest BCUT2D eigenvalue weighted by molar-refractivity contribution is 6.34. The fourth-order valence-electron chi connectivity index (χ4n) is 1.40. The minimum absolute atomic E-state index is 0.00145. The van der Waals surface area contributed by atoms with Crippen LogP contribution in [0, 0.1) is 0 Å². The van der Waals surface area contributed by atoms with Gasteiger partial charge in [0.1, 0.15) is 16.3 Å². The van der Waals surface area contributed by atoms with Gasteiger partial charge in [0.2, 0.25) is 5.91 Å². The average molecular weight is 318 g/mol. The van der Waals surface area contributed by atoms with Gasteiger partial charge in [-0.3, -0.25) is 9.59 Å². The molecule has 2 N–H and O–H groups in total. The van der Waals surface area contributed by atoms with Gasteiger partial charge in [-0.25, -0.2) is 4.98 Å². The van der Waals surface area contributed by atoms with Crippen molar-refractivity contribution in [3.05, 3.63) is 28.0 Å². The van der Waals surface area contributed by atoms with Gasteiger partial charge in [0.15, 0.2) is 0 Å². The van der Waals surface area contributed by atoms with Crippen molar-refractivity contribution in [1.82, 2.24) is 15.6 Å². The Bertz CT molecular complexity index is 527. The Morgan fingerprint density at radius 2 is 1.85 bits per heavy atom. The Labute approximate surface area is 128 Å². The van der Waals surface area contributed by atoms with Crippen LogP contribution in [0.15, 0.2) is 12.1 Å². The predicted molar refractivity (Wildman–Crippen MR) is 79.1 cm³/mol. The van der Waals surface area contributed by atoms with E-state index in [-0.39, 0.29) is 27.3 Å². The van der Waals surface area contributed by atoms with E-state index in [0.717, 1.165) is 0 Å². The zero-order chi connectivity index (χ0) is 15.5. The lowest BCUT2D eigenvalue weighted by Crippen LogP contribution is -2.50. The number of amides is 2. The molecule has 0 fully saturated rings. The predicted octanol–water partition coefficient (Wildman–Crippen LogP) is 2.42. The molecule has 5 nitrogen and oxygen atoms in total. The summed E-state index contributed by atoms with van der Waals surface area (Å²) < 4.78 is 0. The van der Waals surface area contributed by atoms with Crippen LogP contribution in [0.1, 0.15) is 38.1 Å². The molecule has 1 rings (SSSR count). The fraction of sp³-hybridized carbons (Fsp3) is 0.462. The first-order valence-corrected chi connectivity index (χ1v) is 6.80. The smallest absolute Gasteiger partial charge is 0.255 e. The highest BCUT2D eigenvalue weighted by Gasteiger charge is 2.22. The number of nitrogens with zero attached hydrogens (tertiary/aromatic N) is 1. The molecular weight excluding hydrogens is 301 g/mol. The SMILES string of the molecule is CC(NC(=O)c1ccc(Cl)nc1Cl)C(=O)NC(C)(C)C. The first kappa shape index (κ1) is 16.7. The van der Waals surface area contributed by atoms with Gasteiger partial charge in [-0.2, -0.15) is 0 Å². The number of rotatable bonds is 3. The Hall–Kier alpha value is -1.33. The van der Waals surface area contributed by atoms with Gasteiger partial charge in [-0.05, 0) is 39.8 Å². The summed E-state index contributed by atoms with van der Waals surface area (Å²) in [7, 11) is 0. The van der Waals surface area contributed by atoms with Crippen molar-refractivity contribution < 1.29 is 9.59 Å². The molecule has 1 heterocycles. The van der Waals surface area contributed by atoms with Crippen LogP contribution in [0.3, 0.4) is 0 Å². The number of hydrogen-bond acceptors (Lipinski definition) is 3. The second kappa shape index (κ2) is 6.41. The molecule has 0 bridgehead atoms. The lowest BCUT2D eigenvalue weighted by Gasteiger charge is -2.23. The largest absolute Gasteiger partial charge is 0.350 e. The molecule has 0 radical (unpaired) electrons. The van der Waals surface area contributed by atoms with Crippen LogP contribution >= 0.6 is 23.2 Å². The van der Waals surface area contributed by atoms with E-state index >= 15 is 0 Å². The molecule has 0 aliphatic carbocycles. The molecule has 7 heteroatoms. The lowest BCUT2D eigenvalue weighted by molar-refractivity contribution is -0.124. The number of carbonyl (C=O) groups is 2. The molecule has 1 aromatic rings. The van der Waals surface area contributed by atoms with Gasteiger partial charge in [-0.1, -0.05) is 23.2 Å². The summed E-state index contributed by atoms with van der Waals surface area (Å²) in [6, 6.07) is 2.23. The molecular formula is C13H17Cl2N3O2. The van der Waals surface area contributed by atoms with Crippen molar-refractivity contribution >= 4 is 35.0 Å². The quantitative estimate of drug-likeness (QED) is 0.841. The van der Waals surface area contributed by atoms with Crippen molar-refractivity contribution in [1.29, 1.82) is 0 Å². The topological polar surface area (TPSA) is 71.1 Å². The molecule has 2 amide bonds. The van der Waals surface area contributed by atoms with E-state index in [9.17, 15) is 9.59 Å². The van der Waals surface area contributed by atoms with Crippen LogP contribution in [0.5, 0.6) is 0 Å². The second-order valence-corrected chi connectivity index (χ2v) is 6.15. The van der Waals surface area contributed by atoms with Crippen LogP contribution in [0.4, 0.5) is 0 Å². The Balaban J connectivity index is 2.73. The Morgan fingerprint density at radius 1 is 1.25 bits per heavy atom. The van der Waals surface area contributed by atoms with E-state index < -0.39 is 11.9 Å². The first-order valence-electron chi connectivity index (χ1n) is 6.05. The summed E-state index contributed by atoms with van der Waals surface area (Å²) in [5.74, 6) is -0.750. The molecule has 110 valence electrons. The van der Waals surface area contributed by atoms with Crippen molar-refractivity contribution in [3.63, 3.8) is 0 Å². The molecule has 20 heavy (non-hydrogen) atoms. The number of carbonyl (C=O) groups excluding carboxylic acids is 2. The zero-order valence-corrected chi connectivity index (χ0v) is 13.3. The van der Waals surface area contributed by atoms with E-state index in [0.29, 0.717) is 0 Å². The Kier molecular flexibility index (Phi) is 5.36. The van der Waals surface area contributed by atoms with E-state index in [4.69, 9.17) is 23.2 Å². The molecule has 1 atom stereocenters. The van der Waals surface area contributed by atoms with Gasteiger partial charge in [-0.15, -0.1) is 0 Å². The summed E-state index contributed by atoms with van der Waals surface area (Å²) in [6.45, 7) is 7.18. The van der Waals surface area contributed by atoms with E-state index in [1.807, 2.05) is 20.8 Å². The third-order valence-corrected chi connectivity index (χ3v) is 2.80. The first-order chi connectivity index (χ1) is 9.10. The number of aromatic nitrogens is 1. The van der Waals surface area contributed by atoms with Crippen LogP contribution in [0.25, 0.3) is 0 Å². The Morgan fingerprint density at radius 3 is 2.35 bits per heavy atom. The maximum Gasteiger partial charge on any atom is 0.255 e. The number of pyridine rings is 1. The van der Waals surface area contributed by atoms with Crippen molar-refractivity contribution in [2.24, 2.45) is 0 Å². The van der Waals surface area contributed by atoms with Gasteiger partial charge in [0.05, 0.1) is 5.56 Å². The van der Waals surface area contributed by atoms with Crippen LogP contribution in [0.2, 0.25) is 10.3 Å². The summed E-state index contributed by atoms with van der Waals surface area (Å²) in [4.78, 5) is 27.6. The van der Waals surface area contributed by atoms with E-state index in [1.54, 1.807) is 6.92 Å². The second-order valence-electron chi connectivity index (χ2n) is 5.41. The maximum atomic E-state index is 12.0. The highest BCUT2D eigenvalue weighted by Crippen LogP contribution is 2.16. The molecule has 1 aromatic heterocycles. The standard InChI is InChI=1S/C13H17Cl2N3O2/c1-7(11(19)18-13(2,3)4)16-12(20)8-5-6-9(14)17-10(8)15/h5-7H,1-4H3,(H,16,20)(H,18,19). The monoisotopic (exact) mass is 317 g/mol. The molecule has 0 saturated heterocycles. The van der Waals surface area contributed by atoms with Gasteiger partial charge in [0, 0.05) is 5.54 Å². The molecule has 0 aromatic carbocycles. The molecule has 0 spiro atoms. The number of hydrogen-bond donors (Lipinski definition) is 2. The average Bonchev–Trinajstić information content (AvgIpc) is 2.26. The van der Waals surface area contributed by atoms with Crippen LogP contribution in [-0.2, 0) is 4.79 Å². The van der Waals surface area contributed by atoms with Crippen molar-refractivity contribution in [2.45, 2.75) is 39.3 Å². The summed E-state index contributed by atoms with van der Waals surface area (Å²) in [6.07, 6.45) is 0. The molecule has 1 unspecified atom stereocenters. The van der Waals surface area contributed by atoms with Gasteiger partial charge < -0.3 is 10.6 Å². The van der Waals surface area contributed by atoms with E-state index in [1.165, 1.54) is 12.1 Å². The van der Waals surface area contributed by atoms with Gasteiger partial charge >= 0.3 is 0 Å². The summed E-state index contributed by atoms with van der Waals surface area (Å²) in [5.41, 5.74) is -0.193. The van der Waals surface area contributed by atoms with E-state index in [2.05, 4.69) is 15.6 Å². The fourth-order valence-corrected chi connectivity index (χ4v) is 1.83. The third kappa shape index (κ3) is 4.98. The van der Waals surface area contributed by atoms with Crippen LogP contribution < -0.4 is 10.6 Å². The van der Waals surface area contributed by atoms with Crippen LogP contribution in [-0.4, -0.2) is 28.4 Å². The summed E-state index contributed by atoms with van der Waals surface area (Å²) in [5, 5.41) is 5.53. The van der Waals surface area contributed by atoms with Gasteiger partial charge in [0.25, 0.3) is 5.91 Å². The third-order valence-electron chi connectivity index (χ3n) is 2.30. The van der Waals surface area contributed by atoms with Crippen molar-refractivity contribution in [3.8, 4) is 0 Å². The zero-order valence-electron chi connectivity index (χ0n) is 11.8. The maximum absolute atomic E-state index is 12.0. The normalized spacial score (nSPS) is 12.7. The highest BCUT2D eigenvalue weighted by atomic mass is 35.5. The molecule has 0 aliphatic heterocycles. The lowest BCUT2D eigenvalue weighted by atomic mass is 10.1.